The van der Waals surface area contributed by atoms with Crippen LogP contribution >= 0.6 is 11.6 Å². The van der Waals surface area contributed by atoms with Crippen LogP contribution < -0.4 is 10.1 Å². The van der Waals surface area contributed by atoms with Crippen LogP contribution in [0, 0.1) is 6.92 Å². The van der Waals surface area contributed by atoms with Gasteiger partial charge in [-0.1, -0.05) is 71.8 Å². The van der Waals surface area contributed by atoms with E-state index in [0.717, 1.165) is 16.7 Å². The molecule has 1 N–H and O–H groups in total. The summed E-state index contributed by atoms with van der Waals surface area (Å²) < 4.78 is 5.74. The number of ether oxygens (including phenoxy) is 1. The summed E-state index contributed by atoms with van der Waals surface area (Å²) in [5.41, 5.74) is 3.11. The first kappa shape index (κ1) is 25.3. The SMILES string of the molecule is CNC(=O)[C@H](Cc1ccccc1)N(Cc1cccc(C)c1)C(=O)CCCOc1ccc(Cl)cc1. The van der Waals surface area contributed by atoms with Gasteiger partial charge in [-0.25, -0.2) is 0 Å². The van der Waals surface area contributed by atoms with E-state index >= 15 is 0 Å². The highest BCUT2D eigenvalue weighted by molar-refractivity contribution is 6.30. The number of halogens is 1. The molecule has 6 heteroatoms. The molecule has 0 aliphatic heterocycles. The molecule has 2 amide bonds. The highest BCUT2D eigenvalue weighted by Crippen LogP contribution is 2.18. The Kier molecular flexibility index (Phi) is 9.53. The first-order chi connectivity index (χ1) is 16.5. The molecule has 0 saturated heterocycles. The largest absolute Gasteiger partial charge is 0.494 e. The minimum absolute atomic E-state index is 0.0780. The molecule has 0 radical (unpaired) electrons. The summed E-state index contributed by atoms with van der Waals surface area (Å²) in [6, 6.07) is 24.3. The Hall–Kier alpha value is -3.31. The molecule has 0 fully saturated rings. The average Bonchev–Trinajstić information content (AvgIpc) is 2.85. The van der Waals surface area contributed by atoms with Gasteiger partial charge in [-0.05, 0) is 48.7 Å². The maximum Gasteiger partial charge on any atom is 0.242 e. The lowest BCUT2D eigenvalue weighted by Crippen LogP contribution is -2.49. The predicted octanol–water partition coefficient (Wildman–Crippen LogP) is 5.19. The maximum absolute atomic E-state index is 13.4. The molecule has 0 heterocycles. The summed E-state index contributed by atoms with van der Waals surface area (Å²) in [7, 11) is 1.61. The molecule has 0 bridgehead atoms. The molecule has 3 aromatic rings. The molecular formula is C28H31ClN2O3. The summed E-state index contributed by atoms with van der Waals surface area (Å²) >= 11 is 5.91. The number of carbonyl (C=O) groups is 2. The van der Waals surface area contributed by atoms with Gasteiger partial charge in [0.1, 0.15) is 11.8 Å². The van der Waals surface area contributed by atoms with Crippen molar-refractivity contribution in [1.29, 1.82) is 0 Å². The topological polar surface area (TPSA) is 58.6 Å². The highest BCUT2D eigenvalue weighted by atomic mass is 35.5. The second-order valence-electron chi connectivity index (χ2n) is 8.24. The molecule has 178 valence electrons. The number of benzene rings is 3. The number of carbonyl (C=O) groups excluding carboxylic acids is 2. The van der Waals surface area contributed by atoms with Crippen molar-refractivity contribution in [3.63, 3.8) is 0 Å². The summed E-state index contributed by atoms with van der Waals surface area (Å²) in [5, 5.41) is 3.39. The van der Waals surface area contributed by atoms with E-state index in [9.17, 15) is 9.59 Å². The van der Waals surface area contributed by atoms with Crippen molar-refractivity contribution in [2.75, 3.05) is 13.7 Å². The molecular weight excluding hydrogens is 448 g/mol. The van der Waals surface area contributed by atoms with Crippen molar-refractivity contribution < 1.29 is 14.3 Å². The van der Waals surface area contributed by atoms with E-state index in [-0.39, 0.29) is 18.2 Å². The summed E-state index contributed by atoms with van der Waals surface area (Å²) in [4.78, 5) is 28.0. The number of hydrogen-bond donors (Lipinski definition) is 1. The van der Waals surface area contributed by atoms with E-state index < -0.39 is 6.04 Å². The van der Waals surface area contributed by atoms with Crippen LogP contribution in [-0.2, 0) is 22.6 Å². The van der Waals surface area contributed by atoms with E-state index in [1.54, 1.807) is 36.2 Å². The van der Waals surface area contributed by atoms with Gasteiger partial charge >= 0.3 is 0 Å². The second-order valence-corrected chi connectivity index (χ2v) is 8.67. The number of amides is 2. The number of likely N-dealkylation sites (N-methyl/N-ethyl adjacent to an activating group) is 1. The Balaban J connectivity index is 1.74. The number of aryl methyl sites for hydroxylation is 1. The third kappa shape index (κ3) is 7.63. The first-order valence-corrected chi connectivity index (χ1v) is 11.8. The van der Waals surface area contributed by atoms with Crippen LogP contribution in [0.2, 0.25) is 5.02 Å². The van der Waals surface area contributed by atoms with Gasteiger partial charge in [0.15, 0.2) is 0 Å². The fourth-order valence-electron chi connectivity index (χ4n) is 3.82. The van der Waals surface area contributed by atoms with Gasteiger partial charge in [-0.2, -0.15) is 0 Å². The van der Waals surface area contributed by atoms with Crippen LogP contribution in [0.25, 0.3) is 0 Å². The minimum Gasteiger partial charge on any atom is -0.494 e. The number of nitrogens with zero attached hydrogens (tertiary/aromatic N) is 1. The zero-order chi connectivity index (χ0) is 24.3. The van der Waals surface area contributed by atoms with Crippen molar-refractivity contribution >= 4 is 23.4 Å². The molecule has 0 spiro atoms. The third-order valence-corrected chi connectivity index (χ3v) is 5.82. The molecule has 0 aromatic heterocycles. The van der Waals surface area contributed by atoms with Crippen molar-refractivity contribution in [3.8, 4) is 5.75 Å². The summed E-state index contributed by atoms with van der Waals surface area (Å²) in [6.07, 6.45) is 1.26. The van der Waals surface area contributed by atoms with Crippen LogP contribution in [0.1, 0.15) is 29.5 Å². The van der Waals surface area contributed by atoms with Gasteiger partial charge in [0, 0.05) is 31.5 Å². The molecule has 0 unspecified atom stereocenters. The Labute approximate surface area is 206 Å². The van der Waals surface area contributed by atoms with Crippen LogP contribution in [0.3, 0.4) is 0 Å². The Morgan fingerprint density at radius 3 is 2.35 bits per heavy atom. The number of nitrogens with one attached hydrogen (secondary N) is 1. The first-order valence-electron chi connectivity index (χ1n) is 11.4. The zero-order valence-corrected chi connectivity index (χ0v) is 20.4. The van der Waals surface area contributed by atoms with Crippen molar-refractivity contribution in [1.82, 2.24) is 10.2 Å². The van der Waals surface area contributed by atoms with Crippen molar-refractivity contribution in [3.05, 3.63) is 101 Å². The molecule has 0 saturated carbocycles. The predicted molar refractivity (Wildman–Crippen MR) is 136 cm³/mol. The van der Waals surface area contributed by atoms with Gasteiger partial charge in [-0.3, -0.25) is 9.59 Å². The average molecular weight is 479 g/mol. The van der Waals surface area contributed by atoms with Gasteiger partial charge in [0.25, 0.3) is 0 Å². The highest BCUT2D eigenvalue weighted by Gasteiger charge is 2.29. The van der Waals surface area contributed by atoms with E-state index in [1.165, 1.54) is 0 Å². The molecule has 0 aliphatic carbocycles. The standard InChI is InChI=1S/C28H31ClN2O3/c1-21-8-6-11-23(18-21)20-31(26(28(33)30-2)19-22-9-4-3-5-10-22)27(32)12-7-17-34-25-15-13-24(29)14-16-25/h3-6,8-11,13-16,18,26H,7,12,17,19-20H2,1-2H3,(H,30,33)/t26-/m0/s1. The quantitative estimate of drug-likeness (QED) is 0.386. The fraction of sp³-hybridized carbons (Fsp3) is 0.286. The molecule has 3 rings (SSSR count). The number of hydrogen-bond acceptors (Lipinski definition) is 3. The van der Waals surface area contributed by atoms with E-state index in [1.807, 2.05) is 61.5 Å². The normalized spacial score (nSPS) is 11.5. The van der Waals surface area contributed by atoms with Crippen LogP contribution in [0.15, 0.2) is 78.9 Å². The summed E-state index contributed by atoms with van der Waals surface area (Å²) in [6.45, 7) is 2.78. The zero-order valence-electron chi connectivity index (χ0n) is 19.7. The lowest BCUT2D eigenvalue weighted by atomic mass is 10.0. The van der Waals surface area contributed by atoms with Crippen LogP contribution in [-0.4, -0.2) is 36.4 Å². The van der Waals surface area contributed by atoms with E-state index in [4.69, 9.17) is 16.3 Å². The van der Waals surface area contributed by atoms with Gasteiger partial charge in [0.05, 0.1) is 6.61 Å². The number of rotatable bonds is 11. The Morgan fingerprint density at radius 1 is 0.971 bits per heavy atom. The second kappa shape index (κ2) is 12.8. The molecule has 3 aromatic carbocycles. The van der Waals surface area contributed by atoms with Crippen LogP contribution in [0.4, 0.5) is 0 Å². The Bertz CT molecular complexity index is 1070. The van der Waals surface area contributed by atoms with Crippen LogP contribution in [0.5, 0.6) is 5.75 Å². The van der Waals surface area contributed by atoms with Crippen molar-refractivity contribution in [2.24, 2.45) is 0 Å². The minimum atomic E-state index is -0.613. The monoisotopic (exact) mass is 478 g/mol. The smallest absolute Gasteiger partial charge is 0.242 e. The fourth-order valence-corrected chi connectivity index (χ4v) is 3.94. The summed E-state index contributed by atoms with van der Waals surface area (Å²) in [5.74, 6) is 0.453. The lowest BCUT2D eigenvalue weighted by Gasteiger charge is -2.31. The van der Waals surface area contributed by atoms with E-state index in [0.29, 0.717) is 36.8 Å². The Morgan fingerprint density at radius 2 is 1.68 bits per heavy atom. The molecule has 1 atom stereocenters. The lowest BCUT2D eigenvalue weighted by molar-refractivity contribution is -0.141. The van der Waals surface area contributed by atoms with Gasteiger partial charge in [-0.15, -0.1) is 0 Å². The van der Waals surface area contributed by atoms with Crippen molar-refractivity contribution in [2.45, 2.75) is 38.8 Å². The third-order valence-electron chi connectivity index (χ3n) is 5.57. The van der Waals surface area contributed by atoms with E-state index in [2.05, 4.69) is 5.32 Å². The molecule has 0 aliphatic rings. The van der Waals surface area contributed by atoms with Gasteiger partial charge < -0.3 is 15.0 Å². The molecule has 5 nitrogen and oxygen atoms in total. The maximum atomic E-state index is 13.4. The molecule has 34 heavy (non-hydrogen) atoms. The van der Waals surface area contributed by atoms with Gasteiger partial charge in [0.2, 0.25) is 11.8 Å².